The van der Waals surface area contributed by atoms with E-state index >= 15 is 0 Å². The number of sulfonamides is 1. The minimum absolute atomic E-state index is 0.144. The molecule has 0 amide bonds. The van der Waals surface area contributed by atoms with E-state index in [1.54, 1.807) is 25.1 Å². The SMILES string of the molecule is COC(=O)[C@@H]1CN(S(=O)(=O)c2cc(Br)ccc2C)CCS1. The van der Waals surface area contributed by atoms with Gasteiger partial charge in [0.25, 0.3) is 0 Å². The summed E-state index contributed by atoms with van der Waals surface area (Å²) in [5.41, 5.74) is 0.686. The van der Waals surface area contributed by atoms with Crippen LogP contribution in [-0.4, -0.2) is 49.9 Å². The van der Waals surface area contributed by atoms with Crippen LogP contribution in [0.1, 0.15) is 5.56 Å². The Morgan fingerprint density at radius 1 is 1.48 bits per heavy atom. The van der Waals surface area contributed by atoms with Gasteiger partial charge >= 0.3 is 5.97 Å². The molecule has 0 unspecified atom stereocenters. The Morgan fingerprint density at radius 3 is 2.86 bits per heavy atom. The third-order valence-electron chi connectivity index (χ3n) is 3.26. The van der Waals surface area contributed by atoms with Gasteiger partial charge in [0.05, 0.1) is 12.0 Å². The molecule has 5 nitrogen and oxygen atoms in total. The van der Waals surface area contributed by atoms with Gasteiger partial charge in [0.2, 0.25) is 10.0 Å². The lowest BCUT2D eigenvalue weighted by molar-refractivity contribution is -0.140. The molecule has 0 N–H and O–H groups in total. The van der Waals surface area contributed by atoms with Crippen molar-refractivity contribution in [3.05, 3.63) is 28.2 Å². The summed E-state index contributed by atoms with van der Waals surface area (Å²) in [4.78, 5) is 11.9. The first-order valence-corrected chi connectivity index (χ1v) is 9.60. The van der Waals surface area contributed by atoms with Crippen molar-refractivity contribution in [2.24, 2.45) is 0 Å². The maximum atomic E-state index is 12.8. The van der Waals surface area contributed by atoms with Gasteiger partial charge in [0, 0.05) is 23.3 Å². The Balaban J connectivity index is 2.31. The summed E-state index contributed by atoms with van der Waals surface area (Å²) in [6.07, 6.45) is 0. The molecule has 1 aromatic carbocycles. The number of halogens is 1. The number of benzene rings is 1. The van der Waals surface area contributed by atoms with Crippen LogP contribution in [0.25, 0.3) is 0 Å². The predicted molar refractivity (Wildman–Crippen MR) is 85.9 cm³/mol. The molecule has 1 aliphatic rings. The molecule has 8 heteroatoms. The number of carbonyl (C=O) groups is 1. The Morgan fingerprint density at radius 2 is 2.19 bits per heavy atom. The van der Waals surface area contributed by atoms with Gasteiger partial charge < -0.3 is 4.74 Å². The number of esters is 1. The van der Waals surface area contributed by atoms with E-state index in [1.165, 1.54) is 23.2 Å². The van der Waals surface area contributed by atoms with Gasteiger partial charge in [0.1, 0.15) is 5.25 Å². The zero-order chi connectivity index (χ0) is 15.6. The quantitative estimate of drug-likeness (QED) is 0.735. The zero-order valence-electron chi connectivity index (χ0n) is 11.7. The largest absolute Gasteiger partial charge is 0.468 e. The molecule has 0 aliphatic carbocycles. The molecule has 1 fully saturated rings. The summed E-state index contributed by atoms with van der Waals surface area (Å²) < 4.78 is 32.3. The number of hydrogen-bond acceptors (Lipinski definition) is 5. The summed E-state index contributed by atoms with van der Waals surface area (Å²) in [6.45, 7) is 2.30. The number of carbonyl (C=O) groups excluding carboxylic acids is 1. The molecule has 0 aromatic heterocycles. The molecule has 0 spiro atoms. The number of rotatable bonds is 3. The second kappa shape index (κ2) is 6.68. The van der Waals surface area contributed by atoms with Gasteiger partial charge in [0.15, 0.2) is 0 Å². The fraction of sp³-hybridized carbons (Fsp3) is 0.462. The maximum absolute atomic E-state index is 12.8. The maximum Gasteiger partial charge on any atom is 0.320 e. The molecule has 21 heavy (non-hydrogen) atoms. The van der Waals surface area contributed by atoms with E-state index < -0.39 is 15.3 Å². The van der Waals surface area contributed by atoms with Crippen molar-refractivity contribution in [1.82, 2.24) is 4.31 Å². The first-order valence-electron chi connectivity index (χ1n) is 6.32. The molecule has 1 aromatic rings. The molecule has 0 saturated carbocycles. The minimum atomic E-state index is -3.61. The van der Waals surface area contributed by atoms with Crippen molar-refractivity contribution in [1.29, 1.82) is 0 Å². The lowest BCUT2D eigenvalue weighted by Crippen LogP contribution is -2.45. The van der Waals surface area contributed by atoms with Crippen LogP contribution >= 0.6 is 27.7 Å². The lowest BCUT2D eigenvalue weighted by atomic mass is 10.2. The van der Waals surface area contributed by atoms with E-state index in [0.717, 1.165) is 0 Å². The van der Waals surface area contributed by atoms with Crippen molar-refractivity contribution in [3.63, 3.8) is 0 Å². The van der Waals surface area contributed by atoms with E-state index in [0.29, 0.717) is 22.3 Å². The van der Waals surface area contributed by atoms with Crippen LogP contribution < -0.4 is 0 Å². The summed E-state index contributed by atoms with van der Waals surface area (Å²) in [7, 11) is -2.29. The molecule has 116 valence electrons. The van der Waals surface area contributed by atoms with Gasteiger partial charge in [-0.15, -0.1) is 11.8 Å². The molecular formula is C13H16BrNO4S2. The van der Waals surface area contributed by atoms with Gasteiger partial charge in [-0.25, -0.2) is 8.42 Å². The first kappa shape index (κ1) is 16.8. The average Bonchev–Trinajstić information content (AvgIpc) is 2.49. The fourth-order valence-corrected chi connectivity index (χ4v) is 5.67. The number of nitrogens with zero attached hydrogens (tertiary/aromatic N) is 1. The van der Waals surface area contributed by atoms with Gasteiger partial charge in [-0.05, 0) is 24.6 Å². The Kier molecular flexibility index (Phi) is 5.34. The lowest BCUT2D eigenvalue weighted by Gasteiger charge is -2.30. The van der Waals surface area contributed by atoms with Gasteiger partial charge in [-0.1, -0.05) is 22.0 Å². The number of thioether (sulfide) groups is 1. The second-order valence-electron chi connectivity index (χ2n) is 4.66. The van der Waals surface area contributed by atoms with E-state index in [9.17, 15) is 13.2 Å². The number of aryl methyl sites for hydroxylation is 1. The third kappa shape index (κ3) is 3.61. The average molecular weight is 394 g/mol. The minimum Gasteiger partial charge on any atom is -0.468 e. The Labute approximate surface area is 137 Å². The fourth-order valence-electron chi connectivity index (χ4n) is 2.11. The highest BCUT2D eigenvalue weighted by Gasteiger charge is 2.34. The van der Waals surface area contributed by atoms with E-state index in [1.807, 2.05) is 0 Å². The van der Waals surface area contributed by atoms with E-state index in [4.69, 9.17) is 4.74 Å². The Hall–Kier alpha value is -0.570. The van der Waals surface area contributed by atoms with Crippen molar-refractivity contribution in [3.8, 4) is 0 Å². The van der Waals surface area contributed by atoms with Crippen molar-refractivity contribution in [2.75, 3.05) is 26.0 Å². The molecule has 1 aliphatic heterocycles. The van der Waals surface area contributed by atoms with Crippen LogP contribution in [0.4, 0.5) is 0 Å². The number of methoxy groups -OCH3 is 1. The highest BCUT2D eigenvalue weighted by molar-refractivity contribution is 9.10. The molecule has 0 radical (unpaired) electrons. The third-order valence-corrected chi connectivity index (χ3v) is 6.92. The standard InChI is InChI=1S/C13H16BrNO4S2/c1-9-3-4-10(14)7-12(9)21(17,18)15-5-6-20-11(8-15)13(16)19-2/h3-4,7,11H,5-6,8H2,1-2H3/t11-/m0/s1. The first-order chi connectivity index (χ1) is 9.86. The van der Waals surface area contributed by atoms with Crippen LogP contribution in [0.5, 0.6) is 0 Å². The number of hydrogen-bond donors (Lipinski definition) is 0. The van der Waals surface area contributed by atoms with Gasteiger partial charge in [-0.2, -0.15) is 4.31 Å². The summed E-state index contributed by atoms with van der Waals surface area (Å²) in [5, 5.41) is -0.467. The normalized spacial score (nSPS) is 20.2. The zero-order valence-corrected chi connectivity index (χ0v) is 14.9. The van der Waals surface area contributed by atoms with E-state index in [-0.39, 0.29) is 17.4 Å². The van der Waals surface area contributed by atoms with Crippen LogP contribution in [0.15, 0.2) is 27.6 Å². The molecule has 0 bridgehead atoms. The molecule has 1 saturated heterocycles. The summed E-state index contributed by atoms with van der Waals surface area (Å²) in [6, 6.07) is 5.16. The molecule has 1 heterocycles. The van der Waals surface area contributed by atoms with Gasteiger partial charge in [-0.3, -0.25) is 4.79 Å². The van der Waals surface area contributed by atoms with Crippen LogP contribution in [0.3, 0.4) is 0 Å². The second-order valence-corrected chi connectivity index (χ2v) is 8.79. The number of ether oxygens (including phenoxy) is 1. The van der Waals surface area contributed by atoms with Crippen LogP contribution in [0.2, 0.25) is 0 Å². The van der Waals surface area contributed by atoms with Crippen molar-refractivity contribution >= 4 is 43.7 Å². The highest BCUT2D eigenvalue weighted by atomic mass is 79.9. The smallest absolute Gasteiger partial charge is 0.320 e. The van der Waals surface area contributed by atoms with Crippen LogP contribution in [-0.2, 0) is 19.6 Å². The monoisotopic (exact) mass is 393 g/mol. The molecule has 2 rings (SSSR count). The molecular weight excluding hydrogens is 378 g/mol. The van der Waals surface area contributed by atoms with Crippen molar-refractivity contribution < 1.29 is 17.9 Å². The molecule has 1 atom stereocenters. The van der Waals surface area contributed by atoms with E-state index in [2.05, 4.69) is 15.9 Å². The van der Waals surface area contributed by atoms with Crippen molar-refractivity contribution in [2.45, 2.75) is 17.1 Å². The summed E-state index contributed by atoms with van der Waals surface area (Å²) in [5.74, 6) is 0.192. The Bertz CT molecular complexity index is 648. The van der Waals surface area contributed by atoms with Crippen LogP contribution in [0, 0.1) is 6.92 Å². The topological polar surface area (TPSA) is 63.7 Å². The predicted octanol–water partition coefficient (Wildman–Crippen LogP) is 2.04. The summed E-state index contributed by atoms with van der Waals surface area (Å²) >= 11 is 4.73. The highest BCUT2D eigenvalue weighted by Crippen LogP contribution is 2.28.